The van der Waals surface area contributed by atoms with Gasteiger partial charge in [-0.1, -0.05) is 23.7 Å². The van der Waals surface area contributed by atoms with E-state index in [9.17, 15) is 13.2 Å². The Hall–Kier alpha value is -2.78. The van der Waals surface area contributed by atoms with Crippen LogP contribution >= 0.6 is 11.6 Å². The quantitative estimate of drug-likeness (QED) is 0.517. The average Bonchev–Trinajstić information content (AvgIpc) is 2.66. The lowest BCUT2D eigenvalue weighted by molar-refractivity contribution is -0.119. The maximum absolute atomic E-state index is 12.2. The van der Waals surface area contributed by atoms with Gasteiger partial charge in [0.15, 0.2) is 11.5 Å². The number of hydrazone groups is 1. The molecule has 2 aromatic carbocycles. The first-order valence-electron chi connectivity index (χ1n) is 8.02. The van der Waals surface area contributed by atoms with Gasteiger partial charge in [0, 0.05) is 11.1 Å². The highest BCUT2D eigenvalue weighted by Gasteiger charge is 2.22. The monoisotopic (exact) mass is 425 g/mol. The Morgan fingerprint density at radius 1 is 1.14 bits per heavy atom. The van der Waals surface area contributed by atoms with Crippen molar-refractivity contribution in [2.24, 2.45) is 5.10 Å². The van der Waals surface area contributed by atoms with Gasteiger partial charge in [-0.25, -0.2) is 13.8 Å². The molecular weight excluding hydrogens is 406 g/mol. The Labute approximate surface area is 168 Å². The third-order valence-electron chi connectivity index (χ3n) is 3.62. The van der Waals surface area contributed by atoms with Crippen LogP contribution in [0.15, 0.2) is 47.6 Å². The van der Waals surface area contributed by atoms with E-state index in [1.54, 1.807) is 30.3 Å². The SMILES string of the molecule is COc1ccc(N(CC(=O)N/N=C\c2ccc(Cl)cc2)S(C)(=O)=O)cc1OC. The topological polar surface area (TPSA) is 97.3 Å². The Morgan fingerprint density at radius 3 is 2.36 bits per heavy atom. The van der Waals surface area contributed by atoms with Gasteiger partial charge in [-0.05, 0) is 29.8 Å². The fourth-order valence-corrected chi connectivity index (χ4v) is 3.25. The van der Waals surface area contributed by atoms with Crippen molar-refractivity contribution >= 4 is 39.4 Å². The number of anilines is 1. The minimum absolute atomic E-state index is 0.261. The van der Waals surface area contributed by atoms with E-state index in [1.807, 2.05) is 0 Å². The Bertz CT molecular complexity index is 962. The molecule has 0 bridgehead atoms. The summed E-state index contributed by atoms with van der Waals surface area (Å²) in [4.78, 5) is 12.2. The van der Waals surface area contributed by atoms with E-state index in [-0.39, 0.29) is 5.69 Å². The van der Waals surface area contributed by atoms with Crippen LogP contribution in [0.2, 0.25) is 5.02 Å². The van der Waals surface area contributed by atoms with E-state index >= 15 is 0 Å². The van der Waals surface area contributed by atoms with Crippen molar-refractivity contribution in [1.82, 2.24) is 5.43 Å². The highest BCUT2D eigenvalue weighted by Crippen LogP contribution is 2.32. The van der Waals surface area contributed by atoms with Crippen molar-refractivity contribution in [3.8, 4) is 11.5 Å². The van der Waals surface area contributed by atoms with Crippen molar-refractivity contribution in [3.05, 3.63) is 53.1 Å². The zero-order chi connectivity index (χ0) is 20.7. The van der Waals surface area contributed by atoms with Gasteiger partial charge in [0.05, 0.1) is 32.4 Å². The van der Waals surface area contributed by atoms with E-state index in [0.717, 1.165) is 16.1 Å². The molecule has 1 N–H and O–H groups in total. The number of carbonyl (C=O) groups excluding carboxylic acids is 1. The third kappa shape index (κ3) is 5.86. The van der Waals surface area contributed by atoms with E-state index in [2.05, 4.69) is 10.5 Å². The molecule has 150 valence electrons. The second-order valence-corrected chi connectivity index (χ2v) is 8.00. The molecule has 0 aliphatic heterocycles. The van der Waals surface area contributed by atoms with Crippen LogP contribution in [-0.4, -0.2) is 47.6 Å². The normalized spacial score (nSPS) is 11.3. The zero-order valence-electron chi connectivity index (χ0n) is 15.5. The van der Waals surface area contributed by atoms with Crippen LogP contribution in [0.4, 0.5) is 5.69 Å². The van der Waals surface area contributed by atoms with Crippen LogP contribution in [0.25, 0.3) is 0 Å². The first kappa shape index (κ1) is 21.5. The van der Waals surface area contributed by atoms with E-state index in [0.29, 0.717) is 16.5 Å². The maximum atomic E-state index is 12.2. The maximum Gasteiger partial charge on any atom is 0.260 e. The van der Waals surface area contributed by atoms with E-state index < -0.39 is 22.5 Å². The molecule has 1 amide bonds. The number of nitrogens with one attached hydrogen (secondary N) is 1. The first-order valence-corrected chi connectivity index (χ1v) is 10.2. The number of methoxy groups -OCH3 is 2. The van der Waals surface area contributed by atoms with Gasteiger partial charge < -0.3 is 9.47 Å². The van der Waals surface area contributed by atoms with Gasteiger partial charge in [-0.2, -0.15) is 5.10 Å². The minimum atomic E-state index is -3.73. The largest absolute Gasteiger partial charge is 0.493 e. The number of nitrogens with zero attached hydrogens (tertiary/aromatic N) is 2. The summed E-state index contributed by atoms with van der Waals surface area (Å²) in [5.41, 5.74) is 3.29. The molecule has 0 atom stereocenters. The molecule has 0 heterocycles. The summed E-state index contributed by atoms with van der Waals surface area (Å²) in [5, 5.41) is 4.41. The summed E-state index contributed by atoms with van der Waals surface area (Å²) in [6, 6.07) is 11.4. The van der Waals surface area contributed by atoms with Gasteiger partial charge in [0.25, 0.3) is 5.91 Å². The van der Waals surface area contributed by atoms with Gasteiger partial charge >= 0.3 is 0 Å². The van der Waals surface area contributed by atoms with Crippen molar-refractivity contribution in [1.29, 1.82) is 0 Å². The summed E-state index contributed by atoms with van der Waals surface area (Å²) in [6.45, 7) is -0.452. The smallest absolute Gasteiger partial charge is 0.260 e. The van der Waals surface area contributed by atoms with Crippen LogP contribution in [0.5, 0.6) is 11.5 Å². The summed E-state index contributed by atoms with van der Waals surface area (Å²) < 4.78 is 35.6. The average molecular weight is 426 g/mol. The predicted octanol–water partition coefficient (Wildman–Crippen LogP) is 2.27. The molecule has 0 spiro atoms. The summed E-state index contributed by atoms with van der Waals surface area (Å²) >= 11 is 5.80. The standard InChI is InChI=1S/C18H20ClN3O5S/c1-26-16-9-8-15(10-17(16)27-2)22(28(3,24)25)12-18(23)21-20-11-13-4-6-14(19)7-5-13/h4-11H,12H2,1-3H3,(H,21,23)/b20-11-. The van der Waals surface area contributed by atoms with E-state index in [4.69, 9.17) is 21.1 Å². The van der Waals surface area contributed by atoms with Crippen molar-refractivity contribution in [2.75, 3.05) is 31.3 Å². The highest BCUT2D eigenvalue weighted by molar-refractivity contribution is 7.92. The molecule has 0 saturated heterocycles. The van der Waals surface area contributed by atoms with Gasteiger partial charge in [0.2, 0.25) is 10.0 Å². The number of sulfonamides is 1. The zero-order valence-corrected chi connectivity index (χ0v) is 17.1. The molecule has 2 rings (SSSR count). The molecule has 0 aromatic heterocycles. The lowest BCUT2D eigenvalue weighted by atomic mass is 10.2. The first-order chi connectivity index (χ1) is 13.2. The van der Waals surface area contributed by atoms with Crippen molar-refractivity contribution in [2.45, 2.75) is 0 Å². The van der Waals surface area contributed by atoms with Crippen LogP contribution in [-0.2, 0) is 14.8 Å². The van der Waals surface area contributed by atoms with Crippen LogP contribution in [0.1, 0.15) is 5.56 Å². The number of benzene rings is 2. The molecule has 0 unspecified atom stereocenters. The molecule has 8 nitrogen and oxygen atoms in total. The third-order valence-corrected chi connectivity index (χ3v) is 5.01. The lowest BCUT2D eigenvalue weighted by Crippen LogP contribution is -2.39. The molecule has 28 heavy (non-hydrogen) atoms. The number of halogens is 1. The number of hydrogen-bond acceptors (Lipinski definition) is 6. The number of carbonyl (C=O) groups is 1. The van der Waals surface area contributed by atoms with Crippen LogP contribution < -0.4 is 19.2 Å². The second kappa shape index (κ2) is 9.43. The Balaban J connectivity index is 2.14. The molecule has 10 heteroatoms. The summed E-state index contributed by atoms with van der Waals surface area (Å²) in [5.74, 6) is 0.178. The predicted molar refractivity (Wildman–Crippen MR) is 109 cm³/mol. The molecule has 0 saturated carbocycles. The minimum Gasteiger partial charge on any atom is -0.493 e. The highest BCUT2D eigenvalue weighted by atomic mass is 35.5. The van der Waals surface area contributed by atoms with Gasteiger partial charge in [-0.15, -0.1) is 0 Å². The number of hydrogen-bond donors (Lipinski definition) is 1. The molecule has 0 aliphatic rings. The summed E-state index contributed by atoms with van der Waals surface area (Å²) in [7, 11) is -0.825. The Morgan fingerprint density at radius 2 is 1.79 bits per heavy atom. The number of rotatable bonds is 8. The summed E-state index contributed by atoms with van der Waals surface area (Å²) in [6.07, 6.45) is 2.43. The molecule has 0 fully saturated rings. The molecule has 0 radical (unpaired) electrons. The molecular formula is C18H20ClN3O5S. The number of ether oxygens (including phenoxy) is 2. The van der Waals surface area contributed by atoms with Crippen molar-refractivity contribution < 1.29 is 22.7 Å². The fourth-order valence-electron chi connectivity index (χ4n) is 2.27. The fraction of sp³-hybridized carbons (Fsp3) is 0.222. The van der Waals surface area contributed by atoms with Gasteiger partial charge in [-0.3, -0.25) is 9.10 Å². The van der Waals surface area contributed by atoms with Crippen LogP contribution in [0.3, 0.4) is 0 Å². The Kier molecular flexibility index (Phi) is 7.24. The molecule has 0 aliphatic carbocycles. The second-order valence-electron chi connectivity index (χ2n) is 5.65. The van der Waals surface area contributed by atoms with E-state index in [1.165, 1.54) is 32.6 Å². The van der Waals surface area contributed by atoms with Gasteiger partial charge in [0.1, 0.15) is 6.54 Å². The van der Waals surface area contributed by atoms with Crippen molar-refractivity contribution in [3.63, 3.8) is 0 Å². The number of amides is 1. The lowest BCUT2D eigenvalue weighted by Gasteiger charge is -2.22. The molecule has 2 aromatic rings. The van der Waals surface area contributed by atoms with Crippen LogP contribution in [0, 0.1) is 0 Å².